The van der Waals surface area contributed by atoms with Crippen LogP contribution in [0.3, 0.4) is 0 Å². The van der Waals surface area contributed by atoms with Gasteiger partial charge in [-0.05, 0) is 31.0 Å². The van der Waals surface area contributed by atoms with E-state index in [4.69, 9.17) is 5.73 Å². The number of aromatic nitrogens is 3. The minimum atomic E-state index is -0.354. The van der Waals surface area contributed by atoms with Crippen LogP contribution in [0.2, 0.25) is 0 Å². The first kappa shape index (κ1) is 12.5. The molecular weight excluding hydrogens is 256 g/mol. The minimum Gasteiger partial charge on any atom is -0.371 e. The Morgan fingerprint density at radius 3 is 2.85 bits per heavy atom. The van der Waals surface area contributed by atoms with Crippen LogP contribution in [0.4, 0.5) is 17.3 Å². The summed E-state index contributed by atoms with van der Waals surface area (Å²) in [5.41, 5.74) is 7.23. The summed E-state index contributed by atoms with van der Waals surface area (Å²) >= 11 is 0. The number of carbonyl (C=O) groups is 1. The Morgan fingerprint density at radius 2 is 2.15 bits per heavy atom. The highest BCUT2D eigenvalue weighted by molar-refractivity contribution is 6.01. The first-order chi connectivity index (χ1) is 9.72. The summed E-state index contributed by atoms with van der Waals surface area (Å²) in [7, 11) is 0. The van der Waals surface area contributed by atoms with E-state index in [1.54, 1.807) is 0 Å². The van der Waals surface area contributed by atoms with Crippen molar-refractivity contribution in [2.45, 2.75) is 12.8 Å². The normalized spacial score (nSPS) is 14.5. The topological polar surface area (TPSA) is 99.9 Å². The average Bonchev–Trinajstić information content (AvgIpc) is 3.10. The fourth-order valence-corrected chi connectivity index (χ4v) is 2.32. The van der Waals surface area contributed by atoms with E-state index < -0.39 is 0 Å². The maximum absolute atomic E-state index is 11.9. The van der Waals surface area contributed by atoms with E-state index in [1.165, 1.54) is 12.8 Å². The molecule has 7 heteroatoms. The molecule has 0 bridgehead atoms. The van der Waals surface area contributed by atoms with Gasteiger partial charge in [-0.1, -0.05) is 6.07 Å². The summed E-state index contributed by atoms with van der Waals surface area (Å²) in [5.74, 6) is -0.192. The Bertz CT molecular complexity index is 617. The van der Waals surface area contributed by atoms with Crippen molar-refractivity contribution < 1.29 is 4.79 Å². The summed E-state index contributed by atoms with van der Waals surface area (Å²) in [5, 5.41) is 8.90. The number of hydrogen-bond donors (Lipinski definition) is 3. The monoisotopic (exact) mass is 272 g/mol. The molecule has 2 heterocycles. The zero-order valence-electron chi connectivity index (χ0n) is 11.0. The second-order valence-electron chi connectivity index (χ2n) is 4.74. The van der Waals surface area contributed by atoms with Gasteiger partial charge in [-0.3, -0.25) is 9.89 Å². The van der Waals surface area contributed by atoms with Gasteiger partial charge in [-0.2, -0.15) is 4.98 Å². The molecule has 1 saturated heterocycles. The van der Waals surface area contributed by atoms with Crippen molar-refractivity contribution in [1.82, 2.24) is 15.2 Å². The average molecular weight is 272 g/mol. The Labute approximate surface area is 116 Å². The van der Waals surface area contributed by atoms with Crippen molar-refractivity contribution >= 4 is 23.2 Å². The van der Waals surface area contributed by atoms with Crippen LogP contribution < -0.4 is 16.0 Å². The van der Waals surface area contributed by atoms with Crippen molar-refractivity contribution in [1.29, 1.82) is 0 Å². The Balaban J connectivity index is 1.74. The standard InChI is InChI=1S/C13H16N6O/c14-13-16-11(17-18-13)12(20)15-9-4-3-5-10(8-9)19-6-1-2-7-19/h3-5,8H,1-2,6-7H2,(H,15,20)(H3,14,16,17,18). The highest BCUT2D eigenvalue weighted by atomic mass is 16.2. The smallest absolute Gasteiger partial charge is 0.293 e. The number of nitrogens with one attached hydrogen (secondary N) is 2. The second kappa shape index (κ2) is 5.20. The number of benzene rings is 1. The van der Waals surface area contributed by atoms with Gasteiger partial charge in [0.05, 0.1) is 0 Å². The highest BCUT2D eigenvalue weighted by Gasteiger charge is 2.14. The Hall–Kier alpha value is -2.57. The SMILES string of the molecule is Nc1n[nH]c(C(=O)Nc2cccc(N3CCCC3)c2)n1. The third-order valence-corrected chi connectivity index (χ3v) is 3.29. The Kier molecular flexibility index (Phi) is 3.24. The van der Waals surface area contributed by atoms with Crippen LogP contribution in [0.15, 0.2) is 24.3 Å². The van der Waals surface area contributed by atoms with Crippen molar-refractivity contribution in [2.75, 3.05) is 29.0 Å². The third-order valence-electron chi connectivity index (χ3n) is 3.29. The van der Waals surface area contributed by atoms with Crippen LogP contribution in [0.5, 0.6) is 0 Å². The van der Waals surface area contributed by atoms with Gasteiger partial charge < -0.3 is 16.0 Å². The van der Waals surface area contributed by atoms with Crippen molar-refractivity contribution in [3.8, 4) is 0 Å². The van der Waals surface area contributed by atoms with Crippen LogP contribution in [0, 0.1) is 0 Å². The first-order valence-corrected chi connectivity index (χ1v) is 6.56. The van der Waals surface area contributed by atoms with E-state index >= 15 is 0 Å². The van der Waals surface area contributed by atoms with Crippen LogP contribution in [0.25, 0.3) is 0 Å². The molecule has 0 aliphatic carbocycles. The van der Waals surface area contributed by atoms with Crippen LogP contribution >= 0.6 is 0 Å². The molecule has 104 valence electrons. The number of aromatic amines is 1. The second-order valence-corrected chi connectivity index (χ2v) is 4.74. The van der Waals surface area contributed by atoms with Gasteiger partial charge in [0.2, 0.25) is 11.8 Å². The molecule has 0 atom stereocenters. The van der Waals surface area contributed by atoms with Crippen LogP contribution in [0.1, 0.15) is 23.5 Å². The van der Waals surface area contributed by atoms with Gasteiger partial charge in [0.1, 0.15) is 0 Å². The molecule has 1 fully saturated rings. The van der Waals surface area contributed by atoms with E-state index in [-0.39, 0.29) is 17.7 Å². The van der Waals surface area contributed by atoms with Gasteiger partial charge in [0, 0.05) is 24.5 Å². The van der Waals surface area contributed by atoms with Crippen LogP contribution in [-0.2, 0) is 0 Å². The molecule has 4 N–H and O–H groups in total. The summed E-state index contributed by atoms with van der Waals surface area (Å²) in [6, 6.07) is 7.78. The van der Waals surface area contributed by atoms with Crippen molar-refractivity contribution in [2.24, 2.45) is 0 Å². The lowest BCUT2D eigenvalue weighted by atomic mass is 10.2. The number of rotatable bonds is 3. The van der Waals surface area contributed by atoms with Crippen LogP contribution in [-0.4, -0.2) is 34.2 Å². The van der Waals surface area contributed by atoms with E-state index in [2.05, 4.69) is 25.4 Å². The molecular formula is C13H16N6O. The zero-order chi connectivity index (χ0) is 13.9. The molecule has 1 aromatic carbocycles. The number of nitrogen functional groups attached to an aromatic ring is 1. The van der Waals surface area contributed by atoms with E-state index in [0.717, 1.165) is 24.5 Å². The summed E-state index contributed by atoms with van der Waals surface area (Å²) in [4.78, 5) is 18.0. The maximum Gasteiger partial charge on any atom is 0.293 e. The highest BCUT2D eigenvalue weighted by Crippen LogP contribution is 2.23. The molecule has 0 radical (unpaired) electrons. The van der Waals surface area contributed by atoms with E-state index in [1.807, 2.05) is 24.3 Å². The summed E-state index contributed by atoms with van der Waals surface area (Å²) < 4.78 is 0. The van der Waals surface area contributed by atoms with E-state index in [0.29, 0.717) is 0 Å². The lowest BCUT2D eigenvalue weighted by Crippen LogP contribution is -2.18. The third kappa shape index (κ3) is 2.56. The Morgan fingerprint density at radius 1 is 1.35 bits per heavy atom. The van der Waals surface area contributed by atoms with Crippen molar-refractivity contribution in [3.63, 3.8) is 0 Å². The lowest BCUT2D eigenvalue weighted by Gasteiger charge is -2.18. The van der Waals surface area contributed by atoms with Gasteiger partial charge in [0.15, 0.2) is 0 Å². The quantitative estimate of drug-likeness (QED) is 0.780. The lowest BCUT2D eigenvalue weighted by molar-refractivity contribution is 0.101. The summed E-state index contributed by atoms with van der Waals surface area (Å²) in [6.07, 6.45) is 2.43. The minimum absolute atomic E-state index is 0.0565. The predicted molar refractivity (Wildman–Crippen MR) is 76.6 cm³/mol. The van der Waals surface area contributed by atoms with Gasteiger partial charge in [0.25, 0.3) is 5.91 Å². The number of anilines is 3. The molecule has 1 amide bonds. The van der Waals surface area contributed by atoms with Gasteiger partial charge in [-0.15, -0.1) is 5.10 Å². The largest absolute Gasteiger partial charge is 0.371 e. The number of nitrogens with two attached hydrogens (primary N) is 1. The first-order valence-electron chi connectivity index (χ1n) is 6.56. The fraction of sp³-hybridized carbons (Fsp3) is 0.308. The number of H-pyrrole nitrogens is 1. The molecule has 20 heavy (non-hydrogen) atoms. The number of hydrogen-bond acceptors (Lipinski definition) is 5. The molecule has 7 nitrogen and oxygen atoms in total. The van der Waals surface area contributed by atoms with Gasteiger partial charge >= 0.3 is 0 Å². The molecule has 1 aromatic heterocycles. The number of nitrogens with zero attached hydrogens (tertiary/aromatic N) is 3. The molecule has 0 unspecified atom stereocenters. The molecule has 2 aromatic rings. The molecule has 1 aliphatic heterocycles. The summed E-state index contributed by atoms with van der Waals surface area (Å²) in [6.45, 7) is 2.13. The zero-order valence-corrected chi connectivity index (χ0v) is 11.0. The number of amides is 1. The predicted octanol–water partition coefficient (Wildman–Crippen LogP) is 1.24. The fourth-order valence-electron chi connectivity index (χ4n) is 2.32. The molecule has 3 rings (SSSR count). The molecule has 0 saturated carbocycles. The number of carbonyl (C=O) groups excluding carboxylic acids is 1. The molecule has 0 spiro atoms. The van der Waals surface area contributed by atoms with Crippen molar-refractivity contribution in [3.05, 3.63) is 30.1 Å². The maximum atomic E-state index is 11.9. The molecule has 1 aliphatic rings. The van der Waals surface area contributed by atoms with E-state index in [9.17, 15) is 4.79 Å². The van der Waals surface area contributed by atoms with Gasteiger partial charge in [-0.25, -0.2) is 0 Å².